The molecule has 0 aliphatic rings. The average Bonchev–Trinajstić information content (AvgIpc) is 2.20. The Morgan fingerprint density at radius 3 is 2.33 bits per heavy atom. The summed E-state index contributed by atoms with van der Waals surface area (Å²) in [6.07, 6.45) is 0. The predicted molar refractivity (Wildman–Crippen MR) is 62.2 cm³/mol. The molecule has 0 spiro atoms. The Morgan fingerprint density at radius 2 is 1.87 bits per heavy atom. The van der Waals surface area contributed by atoms with E-state index in [1.54, 1.807) is 19.1 Å². The molecular weight excluding hydrogens is 212 g/mol. The molecule has 4 nitrogen and oxygen atoms in total. The fourth-order valence-electron chi connectivity index (χ4n) is 1.01. The third-order valence-corrected chi connectivity index (χ3v) is 3.95. The van der Waals surface area contributed by atoms with Crippen molar-refractivity contribution in [3.05, 3.63) is 29.8 Å². The lowest BCUT2D eigenvalue weighted by Crippen LogP contribution is -2.31. The van der Waals surface area contributed by atoms with Crippen molar-refractivity contribution in [1.82, 2.24) is 0 Å². The predicted octanol–water partition coefficient (Wildman–Crippen LogP) is 1.08. The van der Waals surface area contributed by atoms with Gasteiger partial charge in [0.25, 0.3) is 0 Å². The minimum atomic E-state index is -3.35. The summed E-state index contributed by atoms with van der Waals surface area (Å²) in [6.45, 7) is 3.64. The molecule has 1 aromatic carbocycles. The van der Waals surface area contributed by atoms with Crippen LogP contribution in [0.1, 0.15) is 12.5 Å². The number of rotatable bonds is 4. The zero-order chi connectivity index (χ0) is 11.5. The van der Waals surface area contributed by atoms with E-state index in [1.807, 2.05) is 19.1 Å². The maximum Gasteiger partial charge on any atom is 0.236 e. The molecule has 0 aliphatic carbocycles. The van der Waals surface area contributed by atoms with Crippen molar-refractivity contribution in [2.24, 2.45) is 5.73 Å². The summed E-state index contributed by atoms with van der Waals surface area (Å²) in [5.41, 5.74) is 6.97. The van der Waals surface area contributed by atoms with E-state index in [9.17, 15) is 8.42 Å². The van der Waals surface area contributed by atoms with Gasteiger partial charge in [-0.15, -0.1) is 0 Å². The molecule has 0 saturated carbocycles. The molecule has 0 bridgehead atoms. The maximum atomic E-state index is 11.6. The van der Waals surface area contributed by atoms with Gasteiger partial charge in [-0.05, 0) is 26.0 Å². The van der Waals surface area contributed by atoms with Gasteiger partial charge in [0, 0.05) is 12.2 Å². The van der Waals surface area contributed by atoms with Crippen LogP contribution in [0.3, 0.4) is 0 Å². The van der Waals surface area contributed by atoms with E-state index in [2.05, 4.69) is 4.72 Å². The van der Waals surface area contributed by atoms with E-state index in [-0.39, 0.29) is 6.54 Å². The number of nitrogens with one attached hydrogen (secondary N) is 1. The summed E-state index contributed by atoms with van der Waals surface area (Å²) in [5, 5.41) is -0.584. The van der Waals surface area contributed by atoms with Crippen LogP contribution < -0.4 is 10.5 Å². The third-order valence-electron chi connectivity index (χ3n) is 2.17. The van der Waals surface area contributed by atoms with Gasteiger partial charge in [0.1, 0.15) is 0 Å². The second kappa shape index (κ2) is 4.63. The quantitative estimate of drug-likeness (QED) is 0.810. The van der Waals surface area contributed by atoms with Crippen LogP contribution >= 0.6 is 0 Å². The van der Waals surface area contributed by atoms with E-state index < -0.39 is 15.3 Å². The Hall–Kier alpha value is -1.07. The molecule has 0 saturated heterocycles. The number of hydrogen-bond acceptors (Lipinski definition) is 3. The molecule has 15 heavy (non-hydrogen) atoms. The van der Waals surface area contributed by atoms with E-state index in [0.717, 1.165) is 5.56 Å². The Balaban J connectivity index is 2.82. The zero-order valence-corrected chi connectivity index (χ0v) is 9.71. The molecule has 0 aromatic heterocycles. The first-order valence-electron chi connectivity index (χ1n) is 4.74. The van der Waals surface area contributed by atoms with Gasteiger partial charge >= 0.3 is 0 Å². The highest BCUT2D eigenvalue weighted by atomic mass is 32.2. The van der Waals surface area contributed by atoms with Crippen LogP contribution in [0.5, 0.6) is 0 Å². The zero-order valence-electron chi connectivity index (χ0n) is 8.90. The van der Waals surface area contributed by atoms with Crippen molar-refractivity contribution in [2.75, 3.05) is 11.3 Å². The third kappa shape index (κ3) is 3.21. The maximum absolute atomic E-state index is 11.6. The topological polar surface area (TPSA) is 72.2 Å². The second-order valence-corrected chi connectivity index (χ2v) is 5.66. The highest BCUT2D eigenvalue weighted by Crippen LogP contribution is 2.12. The van der Waals surface area contributed by atoms with Crippen LogP contribution in [-0.4, -0.2) is 20.2 Å². The molecule has 0 amide bonds. The summed E-state index contributed by atoms with van der Waals surface area (Å²) in [5.74, 6) is 0. The van der Waals surface area contributed by atoms with Crippen LogP contribution in [0.2, 0.25) is 0 Å². The number of sulfonamides is 1. The van der Waals surface area contributed by atoms with E-state index in [1.165, 1.54) is 0 Å². The van der Waals surface area contributed by atoms with Crippen molar-refractivity contribution in [1.29, 1.82) is 0 Å². The molecule has 5 heteroatoms. The SMILES string of the molecule is Cc1ccc(NS(=O)(=O)C(C)CN)cc1. The monoisotopic (exact) mass is 228 g/mol. The summed E-state index contributed by atoms with van der Waals surface area (Å²) in [4.78, 5) is 0. The Kier molecular flexibility index (Phi) is 3.71. The number of aryl methyl sites for hydroxylation is 1. The van der Waals surface area contributed by atoms with Crippen molar-refractivity contribution in [2.45, 2.75) is 19.1 Å². The Labute approximate surface area is 90.5 Å². The van der Waals surface area contributed by atoms with Crippen molar-refractivity contribution in [3.8, 4) is 0 Å². The fraction of sp³-hybridized carbons (Fsp3) is 0.400. The first-order chi connectivity index (χ1) is 6.95. The second-order valence-electron chi connectivity index (χ2n) is 3.56. The van der Waals surface area contributed by atoms with Crippen molar-refractivity contribution in [3.63, 3.8) is 0 Å². The lowest BCUT2D eigenvalue weighted by Gasteiger charge is -2.12. The number of nitrogens with two attached hydrogens (primary N) is 1. The van der Waals surface area contributed by atoms with Gasteiger partial charge in [-0.3, -0.25) is 4.72 Å². The molecule has 1 unspecified atom stereocenters. The molecule has 1 atom stereocenters. The van der Waals surface area contributed by atoms with Crippen molar-refractivity contribution < 1.29 is 8.42 Å². The number of benzene rings is 1. The van der Waals surface area contributed by atoms with Gasteiger partial charge in [-0.2, -0.15) is 0 Å². The normalized spacial score (nSPS) is 13.5. The van der Waals surface area contributed by atoms with Crippen molar-refractivity contribution >= 4 is 15.7 Å². The summed E-state index contributed by atoms with van der Waals surface area (Å²) in [6, 6.07) is 7.17. The minimum absolute atomic E-state index is 0.112. The van der Waals surface area contributed by atoms with E-state index in [4.69, 9.17) is 5.73 Å². The first kappa shape index (κ1) is 12.0. The van der Waals surface area contributed by atoms with Gasteiger partial charge < -0.3 is 5.73 Å². The van der Waals surface area contributed by atoms with Gasteiger partial charge in [0.05, 0.1) is 5.25 Å². The minimum Gasteiger partial charge on any atom is -0.329 e. The van der Waals surface area contributed by atoms with Gasteiger partial charge in [-0.25, -0.2) is 8.42 Å². The largest absolute Gasteiger partial charge is 0.329 e. The van der Waals surface area contributed by atoms with Gasteiger partial charge in [0.15, 0.2) is 0 Å². The lowest BCUT2D eigenvalue weighted by molar-refractivity contribution is 0.589. The smallest absolute Gasteiger partial charge is 0.236 e. The summed E-state index contributed by atoms with van der Waals surface area (Å²) >= 11 is 0. The van der Waals surface area contributed by atoms with Crippen LogP contribution in [0.15, 0.2) is 24.3 Å². The van der Waals surface area contributed by atoms with Crippen LogP contribution in [0.25, 0.3) is 0 Å². The molecular formula is C10H16N2O2S. The first-order valence-corrected chi connectivity index (χ1v) is 6.28. The number of anilines is 1. The molecule has 0 fully saturated rings. The number of hydrogen-bond donors (Lipinski definition) is 2. The van der Waals surface area contributed by atoms with Gasteiger partial charge in [0.2, 0.25) is 10.0 Å². The molecule has 1 aromatic rings. The molecule has 0 radical (unpaired) electrons. The molecule has 84 valence electrons. The van der Waals surface area contributed by atoms with Crippen LogP contribution in [0.4, 0.5) is 5.69 Å². The highest BCUT2D eigenvalue weighted by molar-refractivity contribution is 7.93. The molecule has 3 N–H and O–H groups in total. The summed E-state index contributed by atoms with van der Waals surface area (Å²) in [7, 11) is -3.35. The van der Waals surface area contributed by atoms with E-state index in [0.29, 0.717) is 5.69 Å². The molecule has 1 rings (SSSR count). The average molecular weight is 228 g/mol. The highest BCUT2D eigenvalue weighted by Gasteiger charge is 2.18. The van der Waals surface area contributed by atoms with E-state index >= 15 is 0 Å². The fourth-order valence-corrected chi connectivity index (χ4v) is 1.93. The van der Waals surface area contributed by atoms with Gasteiger partial charge in [-0.1, -0.05) is 17.7 Å². The van der Waals surface area contributed by atoms with Crippen LogP contribution in [0, 0.1) is 6.92 Å². The summed E-state index contributed by atoms with van der Waals surface area (Å²) < 4.78 is 25.7. The van der Waals surface area contributed by atoms with Crippen LogP contribution in [-0.2, 0) is 10.0 Å². The Bertz CT molecular complexity index is 412. The molecule has 0 aliphatic heterocycles. The molecule has 0 heterocycles. The lowest BCUT2D eigenvalue weighted by atomic mass is 10.2. The Morgan fingerprint density at radius 1 is 1.33 bits per heavy atom. The standard InChI is InChI=1S/C10H16N2O2S/c1-8-3-5-10(6-4-8)12-15(13,14)9(2)7-11/h3-6,9,12H,7,11H2,1-2H3.